The minimum Gasteiger partial charge on any atom is -0.371 e. The molecule has 1 aliphatic rings. The lowest BCUT2D eigenvalue weighted by molar-refractivity contribution is 0.00636. The molecule has 14 heavy (non-hydrogen) atoms. The van der Waals surface area contributed by atoms with Crippen LogP contribution in [0.25, 0.3) is 0 Å². The Morgan fingerprint density at radius 3 is 2.93 bits per heavy atom. The van der Waals surface area contributed by atoms with Crippen LogP contribution in [0.15, 0.2) is 22.7 Å². The Balaban J connectivity index is 1.96. The van der Waals surface area contributed by atoms with E-state index < -0.39 is 0 Å². The van der Waals surface area contributed by atoms with Crippen molar-refractivity contribution in [3.63, 3.8) is 0 Å². The maximum absolute atomic E-state index is 13.2. The SMILES string of the molecule is Fc1ccc(Br)cc1COC1CNC1. The second-order valence-electron chi connectivity index (χ2n) is 3.33. The first-order valence-electron chi connectivity index (χ1n) is 4.52. The number of rotatable bonds is 3. The Kier molecular flexibility index (Phi) is 3.15. The van der Waals surface area contributed by atoms with E-state index in [1.54, 1.807) is 12.1 Å². The van der Waals surface area contributed by atoms with Crippen LogP contribution in [0.2, 0.25) is 0 Å². The first kappa shape index (κ1) is 10.1. The number of nitrogens with one attached hydrogen (secondary N) is 1. The number of ether oxygens (including phenoxy) is 1. The molecule has 1 heterocycles. The van der Waals surface area contributed by atoms with Crippen LogP contribution in [0, 0.1) is 5.82 Å². The lowest BCUT2D eigenvalue weighted by atomic mass is 10.2. The van der Waals surface area contributed by atoms with Gasteiger partial charge >= 0.3 is 0 Å². The molecule has 4 heteroatoms. The van der Waals surface area contributed by atoms with Gasteiger partial charge in [0.1, 0.15) is 5.82 Å². The summed E-state index contributed by atoms with van der Waals surface area (Å²) in [6.45, 7) is 2.09. The van der Waals surface area contributed by atoms with Crippen LogP contribution in [-0.4, -0.2) is 19.2 Å². The third-order valence-electron chi connectivity index (χ3n) is 2.23. The quantitative estimate of drug-likeness (QED) is 0.898. The van der Waals surface area contributed by atoms with Crippen LogP contribution in [0.5, 0.6) is 0 Å². The molecule has 0 radical (unpaired) electrons. The van der Waals surface area contributed by atoms with Gasteiger partial charge in [-0.15, -0.1) is 0 Å². The molecule has 2 rings (SSSR count). The van der Waals surface area contributed by atoms with Crippen LogP contribution in [-0.2, 0) is 11.3 Å². The van der Waals surface area contributed by atoms with Crippen LogP contribution in [0.1, 0.15) is 5.56 Å². The highest BCUT2D eigenvalue weighted by molar-refractivity contribution is 9.10. The highest BCUT2D eigenvalue weighted by atomic mass is 79.9. The fourth-order valence-corrected chi connectivity index (χ4v) is 1.65. The number of hydrogen-bond acceptors (Lipinski definition) is 2. The van der Waals surface area contributed by atoms with Crippen molar-refractivity contribution in [2.75, 3.05) is 13.1 Å². The first-order valence-corrected chi connectivity index (χ1v) is 5.31. The van der Waals surface area contributed by atoms with Gasteiger partial charge in [0.05, 0.1) is 12.7 Å². The number of benzene rings is 1. The minimum absolute atomic E-state index is 0.208. The van der Waals surface area contributed by atoms with Gasteiger partial charge in [0, 0.05) is 23.1 Å². The molecule has 0 spiro atoms. The molecule has 1 aliphatic heterocycles. The fraction of sp³-hybridized carbons (Fsp3) is 0.400. The van der Waals surface area contributed by atoms with Gasteiger partial charge < -0.3 is 10.1 Å². The molecule has 1 aromatic carbocycles. The second-order valence-corrected chi connectivity index (χ2v) is 4.24. The number of hydrogen-bond donors (Lipinski definition) is 1. The standard InChI is InChI=1S/C10H11BrFNO/c11-8-1-2-10(12)7(3-8)6-14-9-4-13-5-9/h1-3,9,13H,4-6H2. The zero-order chi connectivity index (χ0) is 9.97. The van der Waals surface area contributed by atoms with Crippen molar-refractivity contribution >= 4 is 15.9 Å². The Hall–Kier alpha value is -0.450. The smallest absolute Gasteiger partial charge is 0.128 e. The van der Waals surface area contributed by atoms with Gasteiger partial charge in [-0.25, -0.2) is 4.39 Å². The van der Waals surface area contributed by atoms with E-state index in [2.05, 4.69) is 21.2 Å². The number of halogens is 2. The third-order valence-corrected chi connectivity index (χ3v) is 2.72. The summed E-state index contributed by atoms with van der Waals surface area (Å²) >= 11 is 3.30. The minimum atomic E-state index is -0.208. The second kappa shape index (κ2) is 4.38. The molecule has 76 valence electrons. The molecular weight excluding hydrogens is 249 g/mol. The molecule has 1 aromatic rings. The summed E-state index contributed by atoms with van der Waals surface area (Å²) in [6.07, 6.45) is 0.244. The Morgan fingerprint density at radius 1 is 1.50 bits per heavy atom. The van der Waals surface area contributed by atoms with Crippen molar-refractivity contribution in [2.45, 2.75) is 12.7 Å². The van der Waals surface area contributed by atoms with E-state index in [1.807, 2.05) is 0 Å². The molecule has 0 amide bonds. The summed E-state index contributed by atoms with van der Waals surface area (Å²) in [5, 5.41) is 3.10. The summed E-state index contributed by atoms with van der Waals surface area (Å²) < 4.78 is 19.6. The highest BCUT2D eigenvalue weighted by Crippen LogP contribution is 2.17. The predicted octanol–water partition coefficient (Wildman–Crippen LogP) is 2.08. The molecule has 1 fully saturated rings. The van der Waals surface area contributed by atoms with E-state index in [1.165, 1.54) is 6.07 Å². The van der Waals surface area contributed by atoms with Gasteiger partial charge in [-0.3, -0.25) is 0 Å². The molecule has 1 N–H and O–H groups in total. The van der Waals surface area contributed by atoms with E-state index >= 15 is 0 Å². The maximum Gasteiger partial charge on any atom is 0.128 e. The zero-order valence-electron chi connectivity index (χ0n) is 7.59. The van der Waals surface area contributed by atoms with Crippen molar-refractivity contribution in [1.82, 2.24) is 5.32 Å². The van der Waals surface area contributed by atoms with Crippen molar-refractivity contribution in [3.8, 4) is 0 Å². The van der Waals surface area contributed by atoms with Crippen molar-refractivity contribution in [1.29, 1.82) is 0 Å². The summed E-state index contributed by atoms with van der Waals surface area (Å²) in [5.41, 5.74) is 0.603. The Bertz CT molecular complexity index is 328. The summed E-state index contributed by atoms with van der Waals surface area (Å²) in [4.78, 5) is 0. The average molecular weight is 260 g/mol. The summed E-state index contributed by atoms with van der Waals surface area (Å²) in [5.74, 6) is -0.208. The molecule has 0 unspecified atom stereocenters. The monoisotopic (exact) mass is 259 g/mol. The third kappa shape index (κ3) is 2.32. The Labute approximate surface area is 90.6 Å². The van der Waals surface area contributed by atoms with Crippen molar-refractivity contribution in [3.05, 3.63) is 34.1 Å². The van der Waals surface area contributed by atoms with Crippen molar-refractivity contribution < 1.29 is 9.13 Å². The first-order chi connectivity index (χ1) is 6.75. The van der Waals surface area contributed by atoms with E-state index in [0.29, 0.717) is 12.2 Å². The lowest BCUT2D eigenvalue weighted by Gasteiger charge is -2.27. The highest BCUT2D eigenvalue weighted by Gasteiger charge is 2.17. The lowest BCUT2D eigenvalue weighted by Crippen LogP contribution is -2.48. The van der Waals surface area contributed by atoms with Crippen LogP contribution in [0.3, 0.4) is 0 Å². The maximum atomic E-state index is 13.2. The topological polar surface area (TPSA) is 21.3 Å². The van der Waals surface area contributed by atoms with Gasteiger partial charge in [0.15, 0.2) is 0 Å². The van der Waals surface area contributed by atoms with E-state index in [-0.39, 0.29) is 11.9 Å². The summed E-state index contributed by atoms with van der Waals surface area (Å²) in [6, 6.07) is 4.88. The van der Waals surface area contributed by atoms with Gasteiger partial charge in [-0.1, -0.05) is 15.9 Å². The zero-order valence-corrected chi connectivity index (χ0v) is 9.18. The fourth-order valence-electron chi connectivity index (χ4n) is 1.24. The molecule has 0 bridgehead atoms. The molecule has 0 saturated carbocycles. The van der Waals surface area contributed by atoms with Crippen molar-refractivity contribution in [2.24, 2.45) is 0 Å². The largest absolute Gasteiger partial charge is 0.371 e. The van der Waals surface area contributed by atoms with Crippen LogP contribution < -0.4 is 5.32 Å². The van der Waals surface area contributed by atoms with Crippen LogP contribution in [0.4, 0.5) is 4.39 Å². The Morgan fingerprint density at radius 2 is 2.29 bits per heavy atom. The molecular formula is C10H11BrFNO. The molecule has 2 nitrogen and oxygen atoms in total. The van der Waals surface area contributed by atoms with Gasteiger partial charge in [-0.2, -0.15) is 0 Å². The van der Waals surface area contributed by atoms with Gasteiger partial charge in [-0.05, 0) is 18.2 Å². The normalized spacial score (nSPS) is 16.7. The molecule has 0 aromatic heterocycles. The molecule has 0 aliphatic carbocycles. The molecule has 0 atom stereocenters. The van der Waals surface area contributed by atoms with E-state index in [4.69, 9.17) is 4.74 Å². The molecule has 1 saturated heterocycles. The van der Waals surface area contributed by atoms with Crippen LogP contribution >= 0.6 is 15.9 Å². The van der Waals surface area contributed by atoms with Gasteiger partial charge in [0.25, 0.3) is 0 Å². The van der Waals surface area contributed by atoms with E-state index in [0.717, 1.165) is 17.6 Å². The average Bonchev–Trinajstić information content (AvgIpc) is 2.08. The van der Waals surface area contributed by atoms with Gasteiger partial charge in [0.2, 0.25) is 0 Å². The predicted molar refractivity (Wildman–Crippen MR) is 55.5 cm³/mol. The summed E-state index contributed by atoms with van der Waals surface area (Å²) in [7, 11) is 0. The van der Waals surface area contributed by atoms with E-state index in [9.17, 15) is 4.39 Å².